The summed E-state index contributed by atoms with van der Waals surface area (Å²) < 4.78 is 4.76. The Morgan fingerprint density at radius 3 is 2.90 bits per heavy atom. The molecule has 0 radical (unpaired) electrons. The van der Waals surface area contributed by atoms with Gasteiger partial charge in [0.15, 0.2) is 0 Å². The average molecular weight is 166 g/mol. The number of aldehydes is 1. The van der Waals surface area contributed by atoms with Crippen LogP contribution < -0.4 is 5.32 Å². The first kappa shape index (κ1) is 9.88. The van der Waals surface area contributed by atoms with Crippen LogP contribution in [0.15, 0.2) is 0 Å². The molecule has 1 atom stereocenters. The second-order valence-corrected chi connectivity index (χ2v) is 2.22. The number of methoxy groups -OCH3 is 1. The summed E-state index contributed by atoms with van der Waals surface area (Å²) in [6.45, 7) is 1.04. The zero-order valence-electron chi connectivity index (χ0n) is 5.97. The van der Waals surface area contributed by atoms with Gasteiger partial charge in [-0.3, -0.25) is 0 Å². The molecule has 0 aliphatic heterocycles. The topological polar surface area (TPSA) is 38.3 Å². The van der Waals surface area contributed by atoms with E-state index in [0.29, 0.717) is 19.0 Å². The predicted molar refractivity (Wildman–Crippen MR) is 40.5 cm³/mol. The Balaban J connectivity index is 3.29. The Morgan fingerprint density at radius 1 is 1.80 bits per heavy atom. The SMILES string of the molecule is COCC(C=O)NCCCl. The van der Waals surface area contributed by atoms with Gasteiger partial charge in [0, 0.05) is 19.5 Å². The highest BCUT2D eigenvalue weighted by Crippen LogP contribution is 1.79. The van der Waals surface area contributed by atoms with E-state index in [9.17, 15) is 4.79 Å². The molecule has 60 valence electrons. The zero-order chi connectivity index (χ0) is 7.82. The van der Waals surface area contributed by atoms with Crippen LogP contribution in [0.1, 0.15) is 0 Å². The lowest BCUT2D eigenvalue weighted by molar-refractivity contribution is -0.110. The first-order chi connectivity index (χ1) is 4.85. The average Bonchev–Trinajstić information content (AvgIpc) is 1.98. The Kier molecular flexibility index (Phi) is 6.91. The monoisotopic (exact) mass is 165 g/mol. The van der Waals surface area contributed by atoms with Gasteiger partial charge in [-0.15, -0.1) is 11.6 Å². The molecule has 0 spiro atoms. The van der Waals surface area contributed by atoms with E-state index in [4.69, 9.17) is 16.3 Å². The van der Waals surface area contributed by atoms with E-state index in [-0.39, 0.29) is 6.04 Å². The van der Waals surface area contributed by atoms with Gasteiger partial charge in [-0.2, -0.15) is 0 Å². The quantitative estimate of drug-likeness (QED) is 0.446. The van der Waals surface area contributed by atoms with E-state index >= 15 is 0 Å². The van der Waals surface area contributed by atoms with Crippen molar-refractivity contribution in [1.82, 2.24) is 5.32 Å². The molecule has 0 fully saturated rings. The number of carbonyl (C=O) groups excluding carboxylic acids is 1. The van der Waals surface area contributed by atoms with Crippen LogP contribution >= 0.6 is 11.6 Å². The standard InChI is InChI=1S/C6H12ClNO2/c1-10-5-6(4-9)8-3-2-7/h4,6,8H,2-3,5H2,1H3. The fraction of sp³-hybridized carbons (Fsp3) is 0.833. The summed E-state index contributed by atoms with van der Waals surface area (Å²) in [5.41, 5.74) is 0. The minimum Gasteiger partial charge on any atom is -0.383 e. The number of hydrogen-bond donors (Lipinski definition) is 1. The number of ether oxygens (including phenoxy) is 1. The summed E-state index contributed by atoms with van der Waals surface area (Å²) in [6.07, 6.45) is 0.816. The van der Waals surface area contributed by atoms with Crippen molar-refractivity contribution >= 4 is 17.9 Å². The second-order valence-electron chi connectivity index (χ2n) is 1.84. The summed E-state index contributed by atoms with van der Waals surface area (Å²) in [6, 6.07) is -0.219. The largest absolute Gasteiger partial charge is 0.383 e. The summed E-state index contributed by atoms with van der Waals surface area (Å²) in [7, 11) is 1.55. The third-order valence-corrected chi connectivity index (χ3v) is 1.20. The van der Waals surface area contributed by atoms with Gasteiger partial charge >= 0.3 is 0 Å². The number of carbonyl (C=O) groups is 1. The summed E-state index contributed by atoms with van der Waals surface area (Å²) in [5, 5.41) is 2.90. The Labute approximate surface area is 65.7 Å². The van der Waals surface area contributed by atoms with E-state index in [1.165, 1.54) is 0 Å². The molecule has 0 heterocycles. The second kappa shape index (κ2) is 6.99. The molecule has 1 unspecified atom stereocenters. The molecule has 0 aliphatic rings. The molecular formula is C6H12ClNO2. The Bertz CT molecular complexity index is 89.8. The van der Waals surface area contributed by atoms with Crippen molar-refractivity contribution < 1.29 is 9.53 Å². The maximum Gasteiger partial charge on any atom is 0.139 e. The van der Waals surface area contributed by atoms with Gasteiger partial charge in [0.05, 0.1) is 12.6 Å². The predicted octanol–water partition coefficient (Wildman–Crippen LogP) is 0.0287. The minimum atomic E-state index is -0.219. The molecule has 0 aromatic carbocycles. The van der Waals surface area contributed by atoms with Crippen LogP contribution in [0.2, 0.25) is 0 Å². The number of halogens is 1. The number of hydrogen-bond acceptors (Lipinski definition) is 3. The van der Waals surface area contributed by atoms with E-state index in [1.807, 2.05) is 0 Å². The summed E-state index contributed by atoms with van der Waals surface area (Å²) in [5.74, 6) is 0.508. The molecule has 4 heteroatoms. The molecule has 0 saturated heterocycles. The van der Waals surface area contributed by atoms with E-state index < -0.39 is 0 Å². The molecule has 10 heavy (non-hydrogen) atoms. The highest BCUT2D eigenvalue weighted by molar-refractivity contribution is 6.18. The lowest BCUT2D eigenvalue weighted by Gasteiger charge is -2.08. The Morgan fingerprint density at radius 2 is 2.50 bits per heavy atom. The maximum atomic E-state index is 10.2. The Hall–Kier alpha value is -0.120. The normalized spacial score (nSPS) is 13.0. The van der Waals surface area contributed by atoms with Crippen LogP contribution in [0.5, 0.6) is 0 Å². The van der Waals surface area contributed by atoms with Gasteiger partial charge in [-0.25, -0.2) is 0 Å². The fourth-order valence-corrected chi connectivity index (χ4v) is 0.675. The molecule has 0 aliphatic carbocycles. The maximum absolute atomic E-state index is 10.2. The smallest absolute Gasteiger partial charge is 0.139 e. The van der Waals surface area contributed by atoms with E-state index in [2.05, 4.69) is 5.32 Å². The molecule has 0 saturated carbocycles. The van der Waals surface area contributed by atoms with Crippen molar-refractivity contribution in [3.63, 3.8) is 0 Å². The van der Waals surface area contributed by atoms with Gasteiger partial charge in [-0.1, -0.05) is 0 Å². The molecule has 0 aromatic rings. The molecule has 0 rings (SSSR count). The fourth-order valence-electron chi connectivity index (χ4n) is 0.566. The van der Waals surface area contributed by atoms with Crippen LogP contribution in [0.4, 0.5) is 0 Å². The zero-order valence-corrected chi connectivity index (χ0v) is 6.73. The van der Waals surface area contributed by atoms with Crippen molar-refractivity contribution in [2.24, 2.45) is 0 Å². The van der Waals surface area contributed by atoms with Crippen LogP contribution in [-0.2, 0) is 9.53 Å². The third kappa shape index (κ3) is 4.73. The van der Waals surface area contributed by atoms with Gasteiger partial charge in [0.1, 0.15) is 6.29 Å². The number of nitrogens with one attached hydrogen (secondary N) is 1. The molecule has 1 N–H and O–H groups in total. The highest BCUT2D eigenvalue weighted by atomic mass is 35.5. The van der Waals surface area contributed by atoms with Crippen molar-refractivity contribution in [3.8, 4) is 0 Å². The van der Waals surface area contributed by atoms with Crippen LogP contribution in [0, 0.1) is 0 Å². The molecule has 0 aromatic heterocycles. The van der Waals surface area contributed by atoms with Crippen molar-refractivity contribution in [3.05, 3.63) is 0 Å². The van der Waals surface area contributed by atoms with Crippen molar-refractivity contribution in [2.75, 3.05) is 26.1 Å². The van der Waals surface area contributed by atoms with Gasteiger partial charge < -0.3 is 14.8 Å². The summed E-state index contributed by atoms with van der Waals surface area (Å²) >= 11 is 5.38. The van der Waals surface area contributed by atoms with Crippen molar-refractivity contribution in [1.29, 1.82) is 0 Å². The van der Waals surface area contributed by atoms with Crippen LogP contribution in [0.25, 0.3) is 0 Å². The molecule has 3 nitrogen and oxygen atoms in total. The van der Waals surface area contributed by atoms with Crippen LogP contribution in [-0.4, -0.2) is 38.5 Å². The third-order valence-electron chi connectivity index (χ3n) is 1.01. The number of rotatable bonds is 6. The van der Waals surface area contributed by atoms with Gasteiger partial charge in [-0.05, 0) is 0 Å². The van der Waals surface area contributed by atoms with Gasteiger partial charge in [0.2, 0.25) is 0 Å². The van der Waals surface area contributed by atoms with Crippen LogP contribution in [0.3, 0.4) is 0 Å². The molecule has 0 bridgehead atoms. The molecular weight excluding hydrogens is 154 g/mol. The van der Waals surface area contributed by atoms with Gasteiger partial charge in [0.25, 0.3) is 0 Å². The van der Waals surface area contributed by atoms with Crippen molar-refractivity contribution in [2.45, 2.75) is 6.04 Å². The summed E-state index contributed by atoms with van der Waals surface area (Å²) in [4.78, 5) is 10.2. The lowest BCUT2D eigenvalue weighted by atomic mass is 10.3. The van der Waals surface area contributed by atoms with E-state index in [0.717, 1.165) is 6.29 Å². The first-order valence-electron chi connectivity index (χ1n) is 3.08. The first-order valence-corrected chi connectivity index (χ1v) is 3.62. The lowest BCUT2D eigenvalue weighted by Crippen LogP contribution is -2.35. The molecule has 0 amide bonds. The highest BCUT2D eigenvalue weighted by Gasteiger charge is 2.02. The minimum absolute atomic E-state index is 0.219. The number of alkyl halides is 1. The van der Waals surface area contributed by atoms with E-state index in [1.54, 1.807) is 7.11 Å².